The second kappa shape index (κ2) is 8.98. The quantitative estimate of drug-likeness (QED) is 0.435. The number of thioether (sulfide) groups is 1. The minimum Gasteiger partial charge on any atom is -0.493 e. The molecule has 1 heterocycles. The summed E-state index contributed by atoms with van der Waals surface area (Å²) in [7, 11) is 0. The Bertz CT molecular complexity index is 1190. The van der Waals surface area contributed by atoms with E-state index >= 15 is 0 Å². The summed E-state index contributed by atoms with van der Waals surface area (Å²) in [5.74, 6) is 0.762. The van der Waals surface area contributed by atoms with Crippen LogP contribution in [0.15, 0.2) is 64.5 Å². The molecule has 158 valence electrons. The fourth-order valence-corrected chi connectivity index (χ4v) is 4.81. The lowest BCUT2D eigenvalue weighted by Gasteiger charge is -2.13. The van der Waals surface area contributed by atoms with E-state index in [4.69, 9.17) is 9.73 Å². The lowest BCUT2D eigenvalue weighted by Crippen LogP contribution is -2.28. The molecular weight excluding hydrogens is 404 g/mol. The number of benzene rings is 3. The minimum atomic E-state index is -0.0205. The van der Waals surface area contributed by atoms with Crippen LogP contribution in [0.1, 0.15) is 30.5 Å². The molecule has 0 N–H and O–H groups in total. The van der Waals surface area contributed by atoms with Crippen molar-refractivity contribution in [2.45, 2.75) is 27.7 Å². The van der Waals surface area contributed by atoms with Gasteiger partial charge in [0, 0.05) is 12.1 Å². The average molecular weight is 431 g/mol. The van der Waals surface area contributed by atoms with Gasteiger partial charge < -0.3 is 4.74 Å². The monoisotopic (exact) mass is 430 g/mol. The summed E-state index contributed by atoms with van der Waals surface area (Å²) in [6.45, 7) is 9.17. The molecule has 1 saturated heterocycles. The van der Waals surface area contributed by atoms with Gasteiger partial charge in [-0.1, -0.05) is 48.5 Å². The van der Waals surface area contributed by atoms with E-state index in [2.05, 4.69) is 18.2 Å². The summed E-state index contributed by atoms with van der Waals surface area (Å²) in [6.07, 6.45) is 1.95. The van der Waals surface area contributed by atoms with Gasteiger partial charge >= 0.3 is 0 Å². The molecule has 0 atom stereocenters. The summed E-state index contributed by atoms with van der Waals surface area (Å²) in [5.41, 5.74) is 4.06. The molecule has 31 heavy (non-hydrogen) atoms. The van der Waals surface area contributed by atoms with E-state index < -0.39 is 0 Å². The second-order valence-corrected chi connectivity index (χ2v) is 8.44. The van der Waals surface area contributed by atoms with Crippen molar-refractivity contribution >= 4 is 45.4 Å². The molecule has 1 amide bonds. The average Bonchev–Trinajstić information content (AvgIpc) is 3.06. The molecule has 4 nitrogen and oxygen atoms in total. The number of amidine groups is 1. The number of hydrogen-bond donors (Lipinski definition) is 0. The lowest BCUT2D eigenvalue weighted by atomic mass is 10.0. The van der Waals surface area contributed by atoms with Gasteiger partial charge in [0.2, 0.25) is 0 Å². The number of para-hydroxylation sites is 1. The Morgan fingerprint density at radius 2 is 1.74 bits per heavy atom. The summed E-state index contributed by atoms with van der Waals surface area (Å²) >= 11 is 1.43. The Morgan fingerprint density at radius 1 is 1.00 bits per heavy atom. The first-order chi connectivity index (χ1) is 15.0. The first kappa shape index (κ1) is 21.2. The fourth-order valence-electron chi connectivity index (χ4n) is 3.78. The van der Waals surface area contributed by atoms with Crippen LogP contribution in [0.25, 0.3) is 16.8 Å². The number of carbonyl (C=O) groups excluding carboxylic acids is 1. The van der Waals surface area contributed by atoms with Crippen LogP contribution in [0.5, 0.6) is 5.75 Å². The minimum absolute atomic E-state index is 0.0205. The molecule has 5 heteroatoms. The predicted octanol–water partition coefficient (Wildman–Crippen LogP) is 6.48. The number of carbonyl (C=O) groups is 1. The van der Waals surface area contributed by atoms with Gasteiger partial charge in [0.15, 0.2) is 5.17 Å². The van der Waals surface area contributed by atoms with Crippen LogP contribution in [-0.2, 0) is 4.79 Å². The standard InChI is InChI=1S/C26H26N2O2S/c1-5-28-25(29)23(31-26(28)27-24-17(3)10-9-11-18(24)4)16-21-20-13-8-7-12-19(20)14-15-22(21)30-6-2/h7-16H,5-6H2,1-4H3/b23-16+,27-26?. The molecule has 0 aromatic heterocycles. The Labute approximate surface area is 187 Å². The zero-order valence-electron chi connectivity index (χ0n) is 18.3. The normalized spacial score (nSPS) is 16.6. The van der Waals surface area contributed by atoms with Gasteiger partial charge in [-0.05, 0) is 73.5 Å². The van der Waals surface area contributed by atoms with Crippen LogP contribution in [-0.4, -0.2) is 29.1 Å². The largest absolute Gasteiger partial charge is 0.493 e. The highest BCUT2D eigenvalue weighted by molar-refractivity contribution is 8.18. The highest BCUT2D eigenvalue weighted by Gasteiger charge is 2.33. The summed E-state index contributed by atoms with van der Waals surface area (Å²) < 4.78 is 5.89. The molecule has 0 radical (unpaired) electrons. The fraction of sp³-hybridized carbons (Fsp3) is 0.231. The van der Waals surface area contributed by atoms with E-state index in [1.54, 1.807) is 4.90 Å². The molecule has 0 aliphatic carbocycles. The molecule has 0 spiro atoms. The zero-order chi connectivity index (χ0) is 22.0. The first-order valence-corrected chi connectivity index (χ1v) is 11.4. The summed E-state index contributed by atoms with van der Waals surface area (Å²) in [5, 5.41) is 2.90. The molecule has 4 rings (SSSR count). The van der Waals surface area contributed by atoms with Crippen molar-refractivity contribution in [1.29, 1.82) is 0 Å². The maximum Gasteiger partial charge on any atom is 0.266 e. The van der Waals surface area contributed by atoms with Gasteiger partial charge in [-0.3, -0.25) is 9.69 Å². The molecule has 3 aromatic carbocycles. The van der Waals surface area contributed by atoms with Crippen molar-refractivity contribution < 1.29 is 9.53 Å². The Kier molecular flexibility index (Phi) is 6.14. The maximum absolute atomic E-state index is 13.2. The van der Waals surface area contributed by atoms with Gasteiger partial charge in [-0.25, -0.2) is 4.99 Å². The van der Waals surface area contributed by atoms with Crippen molar-refractivity contribution in [2.75, 3.05) is 13.2 Å². The maximum atomic E-state index is 13.2. The van der Waals surface area contributed by atoms with Crippen LogP contribution in [0.3, 0.4) is 0 Å². The Morgan fingerprint density at radius 3 is 2.45 bits per heavy atom. The van der Waals surface area contributed by atoms with Crippen molar-refractivity contribution in [2.24, 2.45) is 4.99 Å². The SMILES string of the molecule is CCOc1ccc2ccccc2c1/C=C1/SC(=Nc2c(C)cccc2C)N(CC)C1=O. The molecule has 3 aromatic rings. The molecule has 1 fully saturated rings. The molecule has 1 aliphatic heterocycles. The number of nitrogens with zero attached hydrogens (tertiary/aromatic N) is 2. The molecule has 1 aliphatic rings. The van der Waals surface area contributed by atoms with E-state index in [0.29, 0.717) is 23.2 Å². The van der Waals surface area contributed by atoms with E-state index in [-0.39, 0.29) is 5.91 Å². The number of fused-ring (bicyclic) bond motifs is 1. The van der Waals surface area contributed by atoms with Crippen molar-refractivity contribution in [3.8, 4) is 5.75 Å². The van der Waals surface area contributed by atoms with Crippen LogP contribution in [0, 0.1) is 13.8 Å². The predicted molar refractivity (Wildman–Crippen MR) is 131 cm³/mol. The van der Waals surface area contributed by atoms with Gasteiger partial charge in [-0.2, -0.15) is 0 Å². The van der Waals surface area contributed by atoms with Gasteiger partial charge in [-0.15, -0.1) is 0 Å². The summed E-state index contributed by atoms with van der Waals surface area (Å²) in [4.78, 5) is 20.5. The van der Waals surface area contributed by atoms with Crippen molar-refractivity contribution in [1.82, 2.24) is 4.90 Å². The van der Waals surface area contributed by atoms with Gasteiger partial charge in [0.05, 0.1) is 17.2 Å². The van der Waals surface area contributed by atoms with E-state index in [1.165, 1.54) is 11.8 Å². The third-order valence-electron chi connectivity index (χ3n) is 5.36. The topological polar surface area (TPSA) is 41.9 Å². The smallest absolute Gasteiger partial charge is 0.266 e. The van der Waals surface area contributed by atoms with Crippen molar-refractivity contribution in [3.05, 3.63) is 76.2 Å². The number of hydrogen-bond acceptors (Lipinski definition) is 4. The third kappa shape index (κ3) is 4.10. The second-order valence-electron chi connectivity index (χ2n) is 7.43. The Balaban J connectivity index is 1.82. The summed E-state index contributed by atoms with van der Waals surface area (Å²) in [6, 6.07) is 18.3. The molecule has 0 unspecified atom stereocenters. The molecule has 0 saturated carbocycles. The molecular formula is C26H26N2O2S. The van der Waals surface area contributed by atoms with E-state index in [0.717, 1.165) is 38.9 Å². The first-order valence-electron chi connectivity index (χ1n) is 10.5. The zero-order valence-corrected chi connectivity index (χ0v) is 19.1. The number of rotatable bonds is 5. The van der Waals surface area contributed by atoms with Gasteiger partial charge in [0.1, 0.15) is 5.75 Å². The highest BCUT2D eigenvalue weighted by Crippen LogP contribution is 2.38. The number of aryl methyl sites for hydroxylation is 2. The number of likely N-dealkylation sites (N-methyl/N-ethyl adjacent to an activating group) is 1. The van der Waals surface area contributed by atoms with Crippen LogP contribution in [0.2, 0.25) is 0 Å². The highest BCUT2D eigenvalue weighted by atomic mass is 32.2. The van der Waals surface area contributed by atoms with E-state index in [9.17, 15) is 4.79 Å². The number of amides is 1. The van der Waals surface area contributed by atoms with Crippen LogP contribution >= 0.6 is 11.8 Å². The Hall–Kier alpha value is -3.05. The van der Waals surface area contributed by atoms with Crippen molar-refractivity contribution in [3.63, 3.8) is 0 Å². The lowest BCUT2D eigenvalue weighted by molar-refractivity contribution is -0.122. The van der Waals surface area contributed by atoms with Crippen LogP contribution < -0.4 is 4.74 Å². The van der Waals surface area contributed by atoms with Gasteiger partial charge in [0.25, 0.3) is 5.91 Å². The number of aliphatic imine (C=N–C) groups is 1. The third-order valence-corrected chi connectivity index (χ3v) is 6.36. The molecule has 0 bridgehead atoms. The van der Waals surface area contributed by atoms with E-state index in [1.807, 2.05) is 70.2 Å². The van der Waals surface area contributed by atoms with Crippen LogP contribution in [0.4, 0.5) is 5.69 Å². The number of ether oxygens (including phenoxy) is 1.